The third-order valence-electron chi connectivity index (χ3n) is 2.86. The summed E-state index contributed by atoms with van der Waals surface area (Å²) in [5, 5.41) is 14.3. The molecule has 106 valence electrons. The first kappa shape index (κ1) is 13.4. The van der Waals surface area contributed by atoms with Gasteiger partial charge < -0.3 is 10.4 Å². The number of carbonyl (C=O) groups is 1. The number of thiazole rings is 1. The second-order valence-electron chi connectivity index (χ2n) is 4.35. The minimum Gasteiger partial charge on any atom is -0.476 e. The first-order valence-electron chi connectivity index (χ1n) is 6.36. The molecule has 6 nitrogen and oxygen atoms in total. The number of hydrogen-bond donors (Lipinski definition) is 2. The molecule has 0 spiro atoms. The van der Waals surface area contributed by atoms with Crippen LogP contribution in [-0.4, -0.2) is 32.6 Å². The highest BCUT2D eigenvalue weighted by atomic mass is 32.1. The molecule has 0 saturated carbocycles. The van der Waals surface area contributed by atoms with Crippen molar-refractivity contribution in [1.82, 2.24) is 15.0 Å². The highest BCUT2D eigenvalue weighted by Gasteiger charge is 2.08. The van der Waals surface area contributed by atoms with Gasteiger partial charge in [-0.3, -0.25) is 4.98 Å². The Morgan fingerprint density at radius 3 is 2.81 bits per heavy atom. The van der Waals surface area contributed by atoms with Crippen molar-refractivity contribution in [3.05, 3.63) is 46.5 Å². The average Bonchev–Trinajstić information content (AvgIpc) is 2.96. The third-order valence-corrected chi connectivity index (χ3v) is 3.77. The summed E-state index contributed by atoms with van der Waals surface area (Å²) < 4.78 is 0. The summed E-state index contributed by atoms with van der Waals surface area (Å²) in [7, 11) is 0. The van der Waals surface area contributed by atoms with Crippen LogP contribution in [0.3, 0.4) is 0 Å². The quantitative estimate of drug-likeness (QED) is 0.752. The monoisotopic (exact) mass is 300 g/mol. The lowest BCUT2D eigenvalue weighted by Gasteiger charge is -2.04. The van der Waals surface area contributed by atoms with E-state index in [-0.39, 0.29) is 5.69 Å². The molecular weight excluding hydrogens is 288 g/mol. The molecule has 7 heteroatoms. The number of para-hydroxylation sites is 2. The van der Waals surface area contributed by atoms with Gasteiger partial charge in [-0.25, -0.2) is 14.8 Å². The lowest BCUT2D eigenvalue weighted by molar-refractivity contribution is 0.0691. The summed E-state index contributed by atoms with van der Waals surface area (Å²) in [4.78, 5) is 23.6. The smallest absolute Gasteiger partial charge is 0.355 e. The lowest BCUT2D eigenvalue weighted by atomic mass is 10.3. The van der Waals surface area contributed by atoms with Crippen LogP contribution in [0.15, 0.2) is 35.8 Å². The summed E-state index contributed by atoms with van der Waals surface area (Å²) in [5.41, 5.74) is 1.79. The van der Waals surface area contributed by atoms with Crippen molar-refractivity contribution in [3.63, 3.8) is 0 Å². The number of carboxylic acid groups (broad SMARTS) is 1. The van der Waals surface area contributed by atoms with E-state index >= 15 is 0 Å². The maximum absolute atomic E-state index is 10.7. The van der Waals surface area contributed by atoms with Crippen LogP contribution in [0.1, 0.15) is 15.5 Å². The van der Waals surface area contributed by atoms with E-state index in [0.29, 0.717) is 18.8 Å². The Morgan fingerprint density at radius 1 is 1.24 bits per heavy atom. The van der Waals surface area contributed by atoms with Gasteiger partial charge in [0.1, 0.15) is 5.82 Å². The summed E-state index contributed by atoms with van der Waals surface area (Å²) in [6.45, 7) is 0.625. The fourth-order valence-corrected chi connectivity index (χ4v) is 2.64. The van der Waals surface area contributed by atoms with Gasteiger partial charge in [-0.1, -0.05) is 12.1 Å². The largest absolute Gasteiger partial charge is 0.476 e. The van der Waals surface area contributed by atoms with Crippen LogP contribution in [0.2, 0.25) is 0 Å². The highest BCUT2D eigenvalue weighted by Crippen LogP contribution is 2.13. The molecule has 0 amide bonds. The molecule has 0 fully saturated rings. The predicted octanol–water partition coefficient (Wildman–Crippen LogP) is 2.44. The van der Waals surface area contributed by atoms with E-state index in [4.69, 9.17) is 5.11 Å². The maximum atomic E-state index is 10.7. The standard InChI is InChI=1S/C14H12N4O2S/c19-14(20)11-8-21-13(18-11)5-6-15-12-7-16-9-3-1-2-4-10(9)17-12/h1-4,7-8H,5-6H2,(H,15,17)(H,19,20). The summed E-state index contributed by atoms with van der Waals surface area (Å²) >= 11 is 1.35. The van der Waals surface area contributed by atoms with Crippen molar-refractivity contribution >= 4 is 34.2 Å². The van der Waals surface area contributed by atoms with Crippen LogP contribution in [-0.2, 0) is 6.42 Å². The van der Waals surface area contributed by atoms with Crippen LogP contribution >= 0.6 is 11.3 Å². The molecule has 3 aromatic rings. The summed E-state index contributed by atoms with van der Waals surface area (Å²) in [6, 6.07) is 7.67. The maximum Gasteiger partial charge on any atom is 0.355 e. The van der Waals surface area contributed by atoms with Gasteiger partial charge in [-0.05, 0) is 12.1 Å². The Morgan fingerprint density at radius 2 is 2.05 bits per heavy atom. The van der Waals surface area contributed by atoms with E-state index in [0.717, 1.165) is 16.0 Å². The Bertz CT molecular complexity index is 787. The van der Waals surface area contributed by atoms with Gasteiger partial charge >= 0.3 is 5.97 Å². The van der Waals surface area contributed by atoms with Gasteiger partial charge in [-0.15, -0.1) is 11.3 Å². The Labute approximate surface area is 124 Å². The van der Waals surface area contributed by atoms with Gasteiger partial charge in [0.2, 0.25) is 0 Å². The molecule has 0 aliphatic rings. The fraction of sp³-hybridized carbons (Fsp3) is 0.143. The molecule has 2 heterocycles. The number of aromatic carboxylic acids is 1. The molecule has 0 aliphatic heterocycles. The number of nitrogens with zero attached hydrogens (tertiary/aromatic N) is 3. The molecule has 2 aromatic heterocycles. The van der Waals surface area contributed by atoms with Crippen LogP contribution in [0, 0.1) is 0 Å². The molecule has 0 saturated heterocycles. The molecular formula is C14H12N4O2S. The Hall–Kier alpha value is -2.54. The third kappa shape index (κ3) is 3.14. The van der Waals surface area contributed by atoms with Gasteiger partial charge in [-0.2, -0.15) is 0 Å². The zero-order chi connectivity index (χ0) is 14.7. The van der Waals surface area contributed by atoms with Crippen LogP contribution in [0.4, 0.5) is 5.82 Å². The van der Waals surface area contributed by atoms with E-state index in [9.17, 15) is 4.79 Å². The van der Waals surface area contributed by atoms with Gasteiger partial charge in [0, 0.05) is 18.3 Å². The molecule has 1 aromatic carbocycles. The zero-order valence-electron chi connectivity index (χ0n) is 11.0. The first-order chi connectivity index (χ1) is 10.2. The number of benzene rings is 1. The van der Waals surface area contributed by atoms with Crippen molar-refractivity contribution < 1.29 is 9.90 Å². The molecule has 2 N–H and O–H groups in total. The van der Waals surface area contributed by atoms with Gasteiger partial charge in [0.25, 0.3) is 0 Å². The second kappa shape index (κ2) is 5.84. The van der Waals surface area contributed by atoms with Gasteiger partial charge in [0.05, 0.1) is 22.2 Å². The molecule has 0 aliphatic carbocycles. The minimum absolute atomic E-state index is 0.0977. The van der Waals surface area contributed by atoms with E-state index in [2.05, 4.69) is 20.3 Å². The SMILES string of the molecule is O=C(O)c1csc(CCNc2cnc3ccccc3n2)n1. The topological polar surface area (TPSA) is 88.0 Å². The summed E-state index contributed by atoms with van der Waals surface area (Å²) in [5.74, 6) is -0.297. The fourth-order valence-electron chi connectivity index (χ4n) is 1.86. The van der Waals surface area contributed by atoms with Crippen molar-refractivity contribution in [1.29, 1.82) is 0 Å². The van der Waals surface area contributed by atoms with Crippen LogP contribution < -0.4 is 5.32 Å². The predicted molar refractivity (Wildman–Crippen MR) is 80.8 cm³/mol. The van der Waals surface area contributed by atoms with Crippen molar-refractivity contribution in [2.24, 2.45) is 0 Å². The number of fused-ring (bicyclic) bond motifs is 1. The number of hydrogen-bond acceptors (Lipinski definition) is 6. The van der Waals surface area contributed by atoms with Gasteiger partial charge in [0.15, 0.2) is 5.69 Å². The summed E-state index contributed by atoms with van der Waals surface area (Å²) in [6.07, 6.45) is 2.33. The highest BCUT2D eigenvalue weighted by molar-refractivity contribution is 7.09. The number of rotatable bonds is 5. The van der Waals surface area contributed by atoms with E-state index in [1.165, 1.54) is 11.3 Å². The van der Waals surface area contributed by atoms with Crippen molar-refractivity contribution in [3.8, 4) is 0 Å². The van der Waals surface area contributed by atoms with E-state index in [1.54, 1.807) is 11.6 Å². The molecule has 21 heavy (non-hydrogen) atoms. The normalized spacial score (nSPS) is 10.7. The van der Waals surface area contributed by atoms with Crippen LogP contribution in [0.5, 0.6) is 0 Å². The molecule has 0 unspecified atom stereocenters. The average molecular weight is 300 g/mol. The van der Waals surface area contributed by atoms with Crippen molar-refractivity contribution in [2.75, 3.05) is 11.9 Å². The van der Waals surface area contributed by atoms with E-state index in [1.807, 2.05) is 24.3 Å². The molecule has 0 atom stereocenters. The molecule has 0 radical (unpaired) electrons. The minimum atomic E-state index is -0.995. The lowest BCUT2D eigenvalue weighted by Crippen LogP contribution is -2.07. The number of aromatic nitrogens is 3. The van der Waals surface area contributed by atoms with Crippen LogP contribution in [0.25, 0.3) is 11.0 Å². The molecule has 0 bridgehead atoms. The Kier molecular flexibility index (Phi) is 3.74. The number of carboxylic acids is 1. The van der Waals surface area contributed by atoms with Crippen molar-refractivity contribution in [2.45, 2.75) is 6.42 Å². The first-order valence-corrected chi connectivity index (χ1v) is 7.24. The molecule has 3 rings (SSSR count). The number of nitrogens with one attached hydrogen (secondary N) is 1. The van der Waals surface area contributed by atoms with E-state index < -0.39 is 5.97 Å². The Balaban J connectivity index is 1.62. The second-order valence-corrected chi connectivity index (χ2v) is 5.30. The zero-order valence-corrected chi connectivity index (χ0v) is 11.8. The number of anilines is 1.